The third-order valence-electron chi connectivity index (χ3n) is 6.08. The first-order valence-corrected chi connectivity index (χ1v) is 10.7. The molecule has 1 aliphatic rings. The number of aromatic nitrogens is 3. The van der Waals surface area contributed by atoms with Gasteiger partial charge in [0.2, 0.25) is 0 Å². The Morgan fingerprint density at radius 1 is 1.06 bits per heavy atom. The Morgan fingerprint density at radius 3 is 2.56 bits per heavy atom. The van der Waals surface area contributed by atoms with Gasteiger partial charge in [-0.05, 0) is 59.9 Å². The summed E-state index contributed by atoms with van der Waals surface area (Å²) in [7, 11) is 1.89. The summed E-state index contributed by atoms with van der Waals surface area (Å²) in [6.45, 7) is 1.69. The Hall–Kier alpha value is -3.76. The molecule has 0 radical (unpaired) electrons. The molecule has 0 spiro atoms. The minimum atomic E-state index is -0.527. The fraction of sp³-hybridized carbons (Fsp3) is 0.240. The lowest BCUT2D eigenvalue weighted by molar-refractivity contribution is 0.499. The number of piperidine rings is 1. The second-order valence-corrected chi connectivity index (χ2v) is 8.30. The van der Waals surface area contributed by atoms with E-state index in [0.717, 1.165) is 59.3 Å². The van der Waals surface area contributed by atoms with Crippen molar-refractivity contribution in [3.8, 4) is 28.3 Å². The Bertz CT molecular complexity index is 1340. The Morgan fingerprint density at radius 2 is 1.81 bits per heavy atom. The lowest BCUT2D eigenvalue weighted by Gasteiger charge is -2.31. The molecule has 32 heavy (non-hydrogen) atoms. The number of hydrogen-bond acceptors (Lipinski definition) is 5. The van der Waals surface area contributed by atoms with Gasteiger partial charge in [0.25, 0.3) is 0 Å². The standard InChI is InChI=1S/C25H23FN6/c1-31-15-19-10-16(4-5-24(19)30-31)22-14-29-25(32-8-6-20(28)7-9-32)12-21(22)17-2-3-18(13-27)23(26)11-17/h2-5,10-12,14-15,20H,6-9,28H2,1H3. The lowest BCUT2D eigenvalue weighted by atomic mass is 9.94. The van der Waals surface area contributed by atoms with E-state index in [1.165, 1.54) is 12.1 Å². The summed E-state index contributed by atoms with van der Waals surface area (Å²) < 4.78 is 16.3. The van der Waals surface area contributed by atoms with Crippen molar-refractivity contribution in [2.24, 2.45) is 12.8 Å². The molecular weight excluding hydrogens is 403 g/mol. The molecule has 2 aromatic carbocycles. The molecule has 7 heteroatoms. The minimum absolute atomic E-state index is 0.0337. The molecule has 0 aliphatic carbocycles. The lowest BCUT2D eigenvalue weighted by Crippen LogP contribution is -2.40. The van der Waals surface area contributed by atoms with E-state index in [9.17, 15) is 4.39 Å². The molecule has 6 nitrogen and oxygen atoms in total. The van der Waals surface area contributed by atoms with Crippen molar-refractivity contribution in [1.29, 1.82) is 5.26 Å². The van der Waals surface area contributed by atoms with Crippen LogP contribution in [0.15, 0.2) is 54.9 Å². The summed E-state index contributed by atoms with van der Waals surface area (Å²) >= 11 is 0. The highest BCUT2D eigenvalue weighted by Crippen LogP contribution is 2.36. The van der Waals surface area contributed by atoms with Gasteiger partial charge in [0, 0.05) is 49.5 Å². The van der Waals surface area contributed by atoms with Crippen LogP contribution in [0.1, 0.15) is 18.4 Å². The van der Waals surface area contributed by atoms with E-state index in [0.29, 0.717) is 5.56 Å². The molecule has 5 rings (SSSR count). The summed E-state index contributed by atoms with van der Waals surface area (Å²) in [6.07, 6.45) is 5.66. The van der Waals surface area contributed by atoms with Crippen molar-refractivity contribution in [3.05, 3.63) is 66.2 Å². The van der Waals surface area contributed by atoms with Gasteiger partial charge in [0.05, 0.1) is 11.1 Å². The van der Waals surface area contributed by atoms with Crippen LogP contribution < -0.4 is 10.6 Å². The van der Waals surface area contributed by atoms with Gasteiger partial charge in [-0.3, -0.25) is 4.68 Å². The molecule has 1 aliphatic heterocycles. The van der Waals surface area contributed by atoms with Crippen LogP contribution in [0.4, 0.5) is 10.2 Å². The van der Waals surface area contributed by atoms with Crippen molar-refractivity contribution in [2.45, 2.75) is 18.9 Å². The minimum Gasteiger partial charge on any atom is -0.356 e. The van der Waals surface area contributed by atoms with E-state index in [4.69, 9.17) is 16.0 Å². The number of halogens is 1. The van der Waals surface area contributed by atoms with Crippen molar-refractivity contribution >= 4 is 16.7 Å². The van der Waals surface area contributed by atoms with Gasteiger partial charge in [-0.2, -0.15) is 10.4 Å². The number of aryl methyl sites for hydroxylation is 1. The molecule has 0 atom stereocenters. The molecule has 2 N–H and O–H groups in total. The number of nitrogens with zero attached hydrogens (tertiary/aromatic N) is 5. The van der Waals surface area contributed by atoms with Crippen LogP contribution in [0.2, 0.25) is 0 Å². The van der Waals surface area contributed by atoms with E-state index in [1.54, 1.807) is 10.7 Å². The van der Waals surface area contributed by atoms with E-state index >= 15 is 0 Å². The maximum atomic E-state index is 14.5. The monoisotopic (exact) mass is 426 g/mol. The summed E-state index contributed by atoms with van der Waals surface area (Å²) in [6, 6.07) is 14.9. The van der Waals surface area contributed by atoms with Crippen LogP contribution >= 0.6 is 0 Å². The number of nitrogens with two attached hydrogens (primary N) is 1. The Balaban J connectivity index is 1.64. The predicted molar refractivity (Wildman–Crippen MR) is 123 cm³/mol. The molecular formula is C25H23FN6. The van der Waals surface area contributed by atoms with Gasteiger partial charge in [-0.25, -0.2) is 9.37 Å². The molecule has 0 amide bonds. The molecule has 3 heterocycles. The van der Waals surface area contributed by atoms with E-state index in [2.05, 4.69) is 16.1 Å². The van der Waals surface area contributed by atoms with Gasteiger partial charge in [0.15, 0.2) is 0 Å². The Labute approximate surface area is 185 Å². The first-order chi connectivity index (χ1) is 15.5. The largest absolute Gasteiger partial charge is 0.356 e. The SMILES string of the molecule is Cn1cc2cc(-c3cnc(N4CCC(N)CC4)cc3-c3ccc(C#N)c(F)c3)ccc2n1. The number of nitriles is 1. The fourth-order valence-corrected chi connectivity index (χ4v) is 4.30. The molecule has 0 unspecified atom stereocenters. The average molecular weight is 426 g/mol. The van der Waals surface area contributed by atoms with Crippen molar-refractivity contribution in [3.63, 3.8) is 0 Å². The van der Waals surface area contributed by atoms with Gasteiger partial charge >= 0.3 is 0 Å². The quantitative estimate of drug-likeness (QED) is 0.530. The van der Waals surface area contributed by atoms with Gasteiger partial charge in [-0.1, -0.05) is 12.1 Å². The van der Waals surface area contributed by atoms with Crippen LogP contribution in [0, 0.1) is 17.1 Å². The van der Waals surface area contributed by atoms with Crippen molar-refractivity contribution < 1.29 is 4.39 Å². The van der Waals surface area contributed by atoms with Crippen LogP contribution in [0.25, 0.3) is 33.2 Å². The number of hydrogen-bond donors (Lipinski definition) is 1. The van der Waals surface area contributed by atoms with Crippen molar-refractivity contribution in [2.75, 3.05) is 18.0 Å². The molecule has 160 valence electrons. The molecule has 2 aromatic heterocycles. The van der Waals surface area contributed by atoms with Crippen LogP contribution in [-0.4, -0.2) is 33.9 Å². The van der Waals surface area contributed by atoms with Crippen LogP contribution in [-0.2, 0) is 7.05 Å². The zero-order valence-corrected chi connectivity index (χ0v) is 17.8. The number of rotatable bonds is 3. The third-order valence-corrected chi connectivity index (χ3v) is 6.08. The topological polar surface area (TPSA) is 83.8 Å². The smallest absolute Gasteiger partial charge is 0.141 e. The zero-order chi connectivity index (χ0) is 22.2. The van der Waals surface area contributed by atoms with Crippen molar-refractivity contribution in [1.82, 2.24) is 14.8 Å². The zero-order valence-electron chi connectivity index (χ0n) is 17.8. The summed E-state index contributed by atoms with van der Waals surface area (Å²) in [4.78, 5) is 6.97. The van der Waals surface area contributed by atoms with Gasteiger partial charge in [0.1, 0.15) is 17.7 Å². The normalized spacial score (nSPS) is 14.6. The van der Waals surface area contributed by atoms with E-state index < -0.39 is 5.82 Å². The highest BCUT2D eigenvalue weighted by atomic mass is 19.1. The molecule has 0 bridgehead atoms. The van der Waals surface area contributed by atoms with Crippen LogP contribution in [0.5, 0.6) is 0 Å². The summed E-state index contributed by atoms with van der Waals surface area (Å²) in [5.41, 5.74) is 10.5. The molecule has 4 aromatic rings. The van der Waals surface area contributed by atoms with Crippen LogP contribution in [0.3, 0.4) is 0 Å². The summed E-state index contributed by atoms with van der Waals surface area (Å²) in [5, 5.41) is 14.6. The first kappa shape index (κ1) is 20.2. The number of benzene rings is 2. The molecule has 0 saturated carbocycles. The molecule has 1 fully saturated rings. The molecule has 1 saturated heterocycles. The van der Waals surface area contributed by atoms with E-state index in [-0.39, 0.29) is 11.6 Å². The second kappa shape index (κ2) is 8.06. The first-order valence-electron chi connectivity index (χ1n) is 10.7. The Kier molecular flexibility index (Phi) is 5.08. The highest BCUT2D eigenvalue weighted by Gasteiger charge is 2.20. The second-order valence-electron chi connectivity index (χ2n) is 8.30. The summed E-state index contributed by atoms with van der Waals surface area (Å²) in [5.74, 6) is 0.323. The number of fused-ring (bicyclic) bond motifs is 1. The van der Waals surface area contributed by atoms with Gasteiger partial charge < -0.3 is 10.6 Å². The van der Waals surface area contributed by atoms with E-state index in [1.807, 2.05) is 43.7 Å². The third kappa shape index (κ3) is 3.70. The fourth-order valence-electron chi connectivity index (χ4n) is 4.30. The van der Waals surface area contributed by atoms with Gasteiger partial charge in [-0.15, -0.1) is 0 Å². The average Bonchev–Trinajstić information content (AvgIpc) is 3.18. The maximum absolute atomic E-state index is 14.5. The number of pyridine rings is 1. The maximum Gasteiger partial charge on any atom is 0.141 e. The number of anilines is 1. The predicted octanol–water partition coefficient (Wildman–Crippen LogP) is 4.24. The highest BCUT2D eigenvalue weighted by molar-refractivity contribution is 5.90.